The molecule has 3 rings (SSSR count). The molecule has 1 aliphatic heterocycles. The van der Waals surface area contributed by atoms with E-state index < -0.39 is 0 Å². The van der Waals surface area contributed by atoms with Gasteiger partial charge in [0.2, 0.25) is 0 Å². The van der Waals surface area contributed by atoms with E-state index in [-0.39, 0.29) is 0 Å². The second kappa shape index (κ2) is 9.02. The molecular formula is C18H29N7S. The van der Waals surface area contributed by atoms with Crippen molar-refractivity contribution in [1.82, 2.24) is 25.0 Å². The van der Waals surface area contributed by atoms with Gasteiger partial charge in [0.05, 0.1) is 5.00 Å². The molecule has 0 aliphatic carbocycles. The molecule has 1 saturated heterocycles. The largest absolute Gasteiger partial charge is 0.360 e. The molecule has 2 aromatic rings. The van der Waals surface area contributed by atoms with Gasteiger partial charge in [0.25, 0.3) is 0 Å². The van der Waals surface area contributed by atoms with Crippen LogP contribution in [0, 0.1) is 6.92 Å². The average molecular weight is 376 g/mol. The highest BCUT2D eigenvalue weighted by atomic mass is 32.1. The first-order chi connectivity index (χ1) is 12.7. The maximum atomic E-state index is 4.84. The number of hydrogen-bond donors (Lipinski definition) is 1. The Hall–Kier alpha value is -2.09. The summed E-state index contributed by atoms with van der Waals surface area (Å²) in [5, 5.41) is 15.4. The molecule has 2 aromatic heterocycles. The van der Waals surface area contributed by atoms with E-state index in [1.807, 2.05) is 29.9 Å². The second-order valence-electron chi connectivity index (χ2n) is 6.57. The molecule has 8 heteroatoms. The van der Waals surface area contributed by atoms with E-state index in [1.165, 1.54) is 11.4 Å². The van der Waals surface area contributed by atoms with Crippen molar-refractivity contribution in [2.75, 3.05) is 37.6 Å². The number of rotatable bonds is 6. The predicted octanol–water partition coefficient (Wildman–Crippen LogP) is 2.25. The van der Waals surface area contributed by atoms with E-state index in [9.17, 15) is 0 Å². The number of anilines is 1. The molecule has 0 radical (unpaired) electrons. The van der Waals surface area contributed by atoms with Crippen LogP contribution in [0.15, 0.2) is 22.5 Å². The molecule has 0 unspecified atom stereocenters. The van der Waals surface area contributed by atoms with Crippen molar-refractivity contribution in [2.45, 2.75) is 33.2 Å². The van der Waals surface area contributed by atoms with Gasteiger partial charge < -0.3 is 19.7 Å². The third-order valence-corrected chi connectivity index (χ3v) is 5.69. The Kier molecular flexibility index (Phi) is 6.49. The molecular weight excluding hydrogens is 346 g/mol. The number of guanidine groups is 1. The molecule has 26 heavy (non-hydrogen) atoms. The fourth-order valence-electron chi connectivity index (χ4n) is 2.97. The predicted molar refractivity (Wildman–Crippen MR) is 108 cm³/mol. The quantitative estimate of drug-likeness (QED) is 0.477. The van der Waals surface area contributed by atoms with Crippen molar-refractivity contribution in [1.29, 1.82) is 0 Å². The molecule has 0 amide bonds. The minimum absolute atomic E-state index is 0.553. The van der Waals surface area contributed by atoms with Gasteiger partial charge >= 0.3 is 0 Å². The summed E-state index contributed by atoms with van der Waals surface area (Å²) in [7, 11) is 1.99. The Bertz CT molecular complexity index is 699. The number of piperazine rings is 1. The van der Waals surface area contributed by atoms with E-state index >= 15 is 0 Å². The van der Waals surface area contributed by atoms with Crippen molar-refractivity contribution in [3.63, 3.8) is 0 Å². The molecule has 142 valence electrons. The summed E-state index contributed by atoms with van der Waals surface area (Å²) in [5.74, 6) is 2.81. The maximum absolute atomic E-state index is 4.84. The molecule has 1 aliphatic rings. The van der Waals surface area contributed by atoms with E-state index in [0.717, 1.165) is 56.8 Å². The van der Waals surface area contributed by atoms with Crippen LogP contribution in [0.2, 0.25) is 0 Å². The summed E-state index contributed by atoms with van der Waals surface area (Å²) in [4.78, 5) is 9.66. The van der Waals surface area contributed by atoms with Gasteiger partial charge in [0, 0.05) is 39.8 Å². The first-order valence-corrected chi connectivity index (χ1v) is 10.2. The number of unbranched alkanes of at least 4 members (excludes halogenated alkanes) is 1. The van der Waals surface area contributed by atoms with Crippen LogP contribution in [0.1, 0.15) is 31.4 Å². The summed E-state index contributed by atoms with van der Waals surface area (Å²) in [6.45, 7) is 9.69. The summed E-state index contributed by atoms with van der Waals surface area (Å²) in [5.41, 5.74) is 0. The first-order valence-electron chi connectivity index (χ1n) is 9.35. The monoisotopic (exact) mass is 375 g/mol. The number of hydrogen-bond acceptors (Lipinski definition) is 5. The first kappa shape index (κ1) is 18.7. The number of aliphatic imine (C=N–C) groups is 1. The number of aromatic nitrogens is 3. The number of aryl methyl sites for hydroxylation is 1. The minimum Gasteiger partial charge on any atom is -0.360 e. The molecule has 3 heterocycles. The van der Waals surface area contributed by atoms with Gasteiger partial charge in [0.1, 0.15) is 12.4 Å². The summed E-state index contributed by atoms with van der Waals surface area (Å²) >= 11 is 1.81. The molecule has 0 spiro atoms. The van der Waals surface area contributed by atoms with Crippen molar-refractivity contribution in [2.24, 2.45) is 12.0 Å². The van der Waals surface area contributed by atoms with E-state index in [0.29, 0.717) is 6.54 Å². The third kappa shape index (κ3) is 4.55. The van der Waals surface area contributed by atoms with Crippen LogP contribution >= 0.6 is 11.3 Å². The van der Waals surface area contributed by atoms with E-state index in [4.69, 9.17) is 4.99 Å². The number of thiophene rings is 1. The van der Waals surface area contributed by atoms with Crippen LogP contribution < -0.4 is 10.2 Å². The Balaban J connectivity index is 1.64. The minimum atomic E-state index is 0.553. The maximum Gasteiger partial charge on any atom is 0.194 e. The van der Waals surface area contributed by atoms with Crippen LogP contribution in [0.5, 0.6) is 0 Å². The molecule has 7 nitrogen and oxygen atoms in total. The van der Waals surface area contributed by atoms with Crippen LogP contribution in [0.25, 0.3) is 0 Å². The highest BCUT2D eigenvalue weighted by Gasteiger charge is 2.20. The Morgan fingerprint density at radius 1 is 1.27 bits per heavy atom. The van der Waals surface area contributed by atoms with Crippen LogP contribution in [0.4, 0.5) is 5.00 Å². The normalized spacial score (nSPS) is 15.6. The Labute approximate surface area is 159 Å². The Morgan fingerprint density at radius 2 is 2.08 bits per heavy atom. The number of nitrogens with one attached hydrogen (secondary N) is 1. The highest BCUT2D eigenvalue weighted by molar-refractivity contribution is 7.14. The van der Waals surface area contributed by atoms with E-state index in [1.54, 1.807) is 0 Å². The van der Waals surface area contributed by atoms with Gasteiger partial charge in [-0.2, -0.15) is 0 Å². The topological polar surface area (TPSA) is 61.6 Å². The molecule has 0 atom stereocenters. The van der Waals surface area contributed by atoms with Crippen LogP contribution in [-0.4, -0.2) is 58.3 Å². The van der Waals surface area contributed by atoms with Crippen LogP contribution in [0.3, 0.4) is 0 Å². The van der Waals surface area contributed by atoms with Gasteiger partial charge in [-0.25, -0.2) is 4.99 Å². The SMILES string of the molecule is CCCCNC(=NCc1nnc(C)n1C)N1CCN(c2cccs2)CC1. The fraction of sp³-hybridized carbons (Fsp3) is 0.611. The second-order valence-corrected chi connectivity index (χ2v) is 7.49. The summed E-state index contributed by atoms with van der Waals surface area (Å²) < 4.78 is 2.00. The molecule has 0 bridgehead atoms. The lowest BCUT2D eigenvalue weighted by atomic mass is 10.3. The zero-order valence-electron chi connectivity index (χ0n) is 16.0. The number of nitrogens with zero attached hydrogens (tertiary/aromatic N) is 6. The highest BCUT2D eigenvalue weighted by Crippen LogP contribution is 2.22. The van der Waals surface area contributed by atoms with Gasteiger partial charge in [-0.3, -0.25) is 0 Å². The van der Waals surface area contributed by atoms with Crippen molar-refractivity contribution < 1.29 is 0 Å². The smallest absolute Gasteiger partial charge is 0.194 e. The fourth-order valence-corrected chi connectivity index (χ4v) is 3.75. The molecule has 0 aromatic carbocycles. The lowest BCUT2D eigenvalue weighted by molar-refractivity contribution is 0.372. The lowest BCUT2D eigenvalue weighted by Gasteiger charge is -2.37. The van der Waals surface area contributed by atoms with Gasteiger partial charge in [0.15, 0.2) is 11.8 Å². The summed E-state index contributed by atoms with van der Waals surface area (Å²) in [6.07, 6.45) is 2.33. The van der Waals surface area contributed by atoms with Gasteiger partial charge in [-0.05, 0) is 30.9 Å². The van der Waals surface area contributed by atoms with E-state index in [2.05, 4.69) is 49.8 Å². The Morgan fingerprint density at radius 3 is 2.69 bits per heavy atom. The summed E-state index contributed by atoms with van der Waals surface area (Å²) in [6, 6.07) is 4.32. The average Bonchev–Trinajstić information content (AvgIpc) is 3.30. The third-order valence-electron chi connectivity index (χ3n) is 4.76. The van der Waals surface area contributed by atoms with Crippen molar-refractivity contribution in [3.8, 4) is 0 Å². The zero-order chi connectivity index (χ0) is 18.4. The van der Waals surface area contributed by atoms with Gasteiger partial charge in [-0.15, -0.1) is 21.5 Å². The lowest BCUT2D eigenvalue weighted by Crippen LogP contribution is -2.52. The standard InChI is InChI=1S/C18H29N7S/c1-4-5-8-19-18(20-14-16-22-21-15(2)23(16)3)25-11-9-24(10-12-25)17-7-6-13-26-17/h6-7,13H,4-5,8-12,14H2,1-3H3,(H,19,20). The van der Waals surface area contributed by atoms with Crippen molar-refractivity contribution >= 4 is 22.3 Å². The molecule has 1 N–H and O–H groups in total. The molecule has 0 saturated carbocycles. The molecule has 1 fully saturated rings. The van der Waals surface area contributed by atoms with Gasteiger partial charge in [-0.1, -0.05) is 13.3 Å². The zero-order valence-corrected chi connectivity index (χ0v) is 16.8. The van der Waals surface area contributed by atoms with Crippen molar-refractivity contribution in [3.05, 3.63) is 29.2 Å². The van der Waals surface area contributed by atoms with Crippen LogP contribution in [-0.2, 0) is 13.6 Å².